The molecule has 0 bridgehead atoms. The molecule has 178 valence electrons. The predicted molar refractivity (Wildman–Crippen MR) is 127 cm³/mol. The zero-order valence-electron chi connectivity index (χ0n) is 18.9. The van der Waals surface area contributed by atoms with E-state index in [1.807, 2.05) is 6.07 Å². The van der Waals surface area contributed by atoms with Crippen LogP contribution in [0.4, 0.5) is 16.2 Å². The highest BCUT2D eigenvalue weighted by molar-refractivity contribution is 6.25. The van der Waals surface area contributed by atoms with E-state index in [2.05, 4.69) is 0 Å². The number of aliphatic hydroxyl groups excluding tert-OH is 1. The van der Waals surface area contributed by atoms with Crippen molar-refractivity contribution in [2.24, 2.45) is 5.92 Å². The first-order valence-corrected chi connectivity index (χ1v) is 11.0. The van der Waals surface area contributed by atoms with Crippen molar-refractivity contribution in [1.29, 1.82) is 0 Å². The summed E-state index contributed by atoms with van der Waals surface area (Å²) in [5, 5.41) is 22.0. The van der Waals surface area contributed by atoms with Gasteiger partial charge in [0, 0.05) is 18.6 Å². The fourth-order valence-electron chi connectivity index (χ4n) is 4.14. The Bertz CT molecular complexity index is 1260. The molecule has 0 spiro atoms. The third-order valence-corrected chi connectivity index (χ3v) is 6.02. The number of hydrogen-bond acceptors (Lipinski definition) is 6. The monoisotopic (exact) mass is 473 g/mol. The molecule has 3 aromatic carbocycles. The molecule has 1 aliphatic rings. The van der Waals surface area contributed by atoms with Gasteiger partial charge in [0.1, 0.15) is 6.04 Å². The SMILES string of the molecule is C[C@H](C(=O)N1C(=O)N(c2ccccc2)C(=O)[C@@H]1Cc1ccccc1)[C@H](O)c1cccc([N+](=O)[O-])c1. The Morgan fingerprint density at radius 3 is 2.26 bits per heavy atom. The van der Waals surface area contributed by atoms with Crippen molar-refractivity contribution in [2.75, 3.05) is 4.90 Å². The summed E-state index contributed by atoms with van der Waals surface area (Å²) in [6.45, 7) is 1.42. The lowest BCUT2D eigenvalue weighted by atomic mass is 9.95. The molecule has 3 atom stereocenters. The van der Waals surface area contributed by atoms with Gasteiger partial charge in [-0.2, -0.15) is 0 Å². The van der Waals surface area contributed by atoms with Crippen molar-refractivity contribution in [1.82, 2.24) is 4.90 Å². The largest absolute Gasteiger partial charge is 0.388 e. The maximum absolute atomic E-state index is 13.5. The Hall–Kier alpha value is -4.37. The normalized spacial score (nSPS) is 17.4. The molecule has 35 heavy (non-hydrogen) atoms. The molecule has 9 nitrogen and oxygen atoms in total. The Kier molecular flexibility index (Phi) is 6.70. The number of amides is 4. The highest BCUT2D eigenvalue weighted by Gasteiger charge is 2.50. The van der Waals surface area contributed by atoms with E-state index in [0.29, 0.717) is 5.69 Å². The van der Waals surface area contributed by atoms with Gasteiger partial charge in [-0.3, -0.25) is 24.6 Å². The second kappa shape index (κ2) is 9.86. The van der Waals surface area contributed by atoms with Crippen LogP contribution in [-0.4, -0.2) is 38.8 Å². The van der Waals surface area contributed by atoms with Crippen LogP contribution in [0.3, 0.4) is 0 Å². The van der Waals surface area contributed by atoms with Crippen molar-refractivity contribution in [3.8, 4) is 0 Å². The van der Waals surface area contributed by atoms with Crippen LogP contribution in [0.1, 0.15) is 24.2 Å². The van der Waals surface area contributed by atoms with Gasteiger partial charge in [-0.15, -0.1) is 0 Å². The molecule has 0 aromatic heterocycles. The van der Waals surface area contributed by atoms with Crippen LogP contribution in [0.2, 0.25) is 0 Å². The third kappa shape index (κ3) is 4.67. The lowest BCUT2D eigenvalue weighted by Gasteiger charge is -2.26. The second-order valence-electron chi connectivity index (χ2n) is 8.29. The molecule has 1 heterocycles. The number of nitro benzene ring substituents is 1. The van der Waals surface area contributed by atoms with Gasteiger partial charge >= 0.3 is 6.03 Å². The van der Waals surface area contributed by atoms with Crippen molar-refractivity contribution < 1.29 is 24.4 Å². The van der Waals surface area contributed by atoms with Crippen LogP contribution in [-0.2, 0) is 16.0 Å². The van der Waals surface area contributed by atoms with Crippen LogP contribution >= 0.6 is 0 Å². The van der Waals surface area contributed by atoms with Gasteiger partial charge < -0.3 is 5.11 Å². The van der Waals surface area contributed by atoms with Gasteiger partial charge in [0.05, 0.1) is 22.6 Å². The summed E-state index contributed by atoms with van der Waals surface area (Å²) < 4.78 is 0. The Balaban J connectivity index is 1.67. The van der Waals surface area contributed by atoms with Gasteiger partial charge in [0.2, 0.25) is 5.91 Å². The summed E-state index contributed by atoms with van der Waals surface area (Å²) in [6, 6.07) is 20.8. The lowest BCUT2D eigenvalue weighted by Crippen LogP contribution is -2.45. The number of aliphatic hydroxyl groups is 1. The van der Waals surface area contributed by atoms with Crippen molar-refractivity contribution in [2.45, 2.75) is 25.5 Å². The number of anilines is 1. The molecule has 1 aliphatic heterocycles. The number of rotatable bonds is 7. The molecule has 4 rings (SSSR count). The van der Waals surface area contributed by atoms with Crippen LogP contribution in [0.15, 0.2) is 84.9 Å². The lowest BCUT2D eigenvalue weighted by molar-refractivity contribution is -0.385. The number of non-ortho nitro benzene ring substituents is 1. The fourth-order valence-corrected chi connectivity index (χ4v) is 4.14. The molecule has 1 N–H and O–H groups in total. The number of urea groups is 1. The molecule has 1 saturated heterocycles. The standard InChI is InChI=1S/C26H23N3O6/c1-17(23(30)19-11-8-14-21(16-19)29(34)35)24(31)28-22(15-18-9-4-2-5-10-18)25(32)27(26(28)33)20-12-6-3-7-13-20/h2-14,16-17,22-23,30H,15H2,1H3/t17-,22-,23-/m0/s1. The third-order valence-electron chi connectivity index (χ3n) is 6.02. The average Bonchev–Trinajstić information content (AvgIpc) is 3.12. The van der Waals surface area contributed by atoms with E-state index < -0.39 is 40.8 Å². The van der Waals surface area contributed by atoms with E-state index in [4.69, 9.17) is 0 Å². The molecule has 3 aromatic rings. The Labute approximate surface area is 201 Å². The molecular weight excluding hydrogens is 450 g/mol. The summed E-state index contributed by atoms with van der Waals surface area (Å²) >= 11 is 0. The highest BCUT2D eigenvalue weighted by Crippen LogP contribution is 2.32. The van der Waals surface area contributed by atoms with Gasteiger partial charge in [0.25, 0.3) is 11.6 Å². The number of carbonyl (C=O) groups excluding carboxylic acids is 3. The van der Waals surface area contributed by atoms with E-state index in [1.54, 1.807) is 54.6 Å². The van der Waals surface area contributed by atoms with E-state index in [-0.39, 0.29) is 17.7 Å². The van der Waals surface area contributed by atoms with Crippen LogP contribution in [0, 0.1) is 16.0 Å². The summed E-state index contributed by atoms with van der Waals surface area (Å²) in [7, 11) is 0. The minimum atomic E-state index is -1.42. The molecule has 0 aliphatic carbocycles. The Morgan fingerprint density at radius 2 is 1.63 bits per heavy atom. The van der Waals surface area contributed by atoms with Crippen LogP contribution < -0.4 is 4.90 Å². The van der Waals surface area contributed by atoms with Gasteiger partial charge in [-0.25, -0.2) is 9.69 Å². The predicted octanol–water partition coefficient (Wildman–Crippen LogP) is 3.87. The fraction of sp³-hybridized carbons (Fsp3) is 0.192. The number of nitro groups is 1. The first-order valence-electron chi connectivity index (χ1n) is 11.0. The van der Waals surface area contributed by atoms with Crippen molar-refractivity contribution in [3.63, 3.8) is 0 Å². The molecule has 4 amide bonds. The van der Waals surface area contributed by atoms with Gasteiger partial charge in [-0.1, -0.05) is 67.6 Å². The summed E-state index contributed by atoms with van der Waals surface area (Å²) in [5.74, 6) is -2.44. The van der Waals surface area contributed by atoms with Crippen LogP contribution in [0.25, 0.3) is 0 Å². The topological polar surface area (TPSA) is 121 Å². The van der Waals surface area contributed by atoms with E-state index >= 15 is 0 Å². The minimum Gasteiger partial charge on any atom is -0.388 e. The maximum atomic E-state index is 13.5. The molecule has 9 heteroatoms. The Morgan fingerprint density at radius 1 is 1.00 bits per heavy atom. The van der Waals surface area contributed by atoms with E-state index in [1.165, 1.54) is 31.2 Å². The van der Waals surface area contributed by atoms with Gasteiger partial charge in [0.15, 0.2) is 0 Å². The average molecular weight is 473 g/mol. The summed E-state index contributed by atoms with van der Waals surface area (Å²) in [4.78, 5) is 52.7. The van der Waals surface area contributed by atoms with Crippen molar-refractivity contribution in [3.05, 3.63) is 106 Å². The molecule has 0 radical (unpaired) electrons. The minimum absolute atomic E-state index is 0.111. The zero-order valence-corrected chi connectivity index (χ0v) is 18.9. The summed E-state index contributed by atoms with van der Waals surface area (Å²) in [6.07, 6.45) is -1.31. The second-order valence-corrected chi connectivity index (χ2v) is 8.29. The van der Waals surface area contributed by atoms with Crippen LogP contribution in [0.5, 0.6) is 0 Å². The maximum Gasteiger partial charge on any atom is 0.338 e. The van der Waals surface area contributed by atoms with E-state index in [0.717, 1.165) is 15.4 Å². The molecule has 0 saturated carbocycles. The zero-order chi connectivity index (χ0) is 25.1. The van der Waals surface area contributed by atoms with E-state index in [9.17, 15) is 29.6 Å². The van der Waals surface area contributed by atoms with Crippen molar-refractivity contribution >= 4 is 29.2 Å². The summed E-state index contributed by atoms with van der Waals surface area (Å²) in [5.41, 5.74) is 1.03. The number of benzene rings is 3. The first kappa shape index (κ1) is 23.8. The number of hydrogen-bond donors (Lipinski definition) is 1. The quantitative estimate of drug-likeness (QED) is 0.316. The van der Waals surface area contributed by atoms with Gasteiger partial charge in [-0.05, 0) is 23.3 Å². The number of nitrogens with zero attached hydrogens (tertiary/aromatic N) is 3. The smallest absolute Gasteiger partial charge is 0.338 e. The number of carbonyl (C=O) groups is 3. The number of imide groups is 2. The highest BCUT2D eigenvalue weighted by atomic mass is 16.6. The molecule has 1 fully saturated rings. The molecular formula is C26H23N3O6. The molecule has 0 unspecified atom stereocenters. The first-order chi connectivity index (χ1) is 16.8. The number of para-hydroxylation sites is 1.